The zero-order valence-corrected chi connectivity index (χ0v) is 15.9. The molecule has 0 spiro atoms. The molecule has 0 bridgehead atoms. The van der Waals surface area contributed by atoms with Crippen LogP contribution in [0.15, 0.2) is 43.0 Å². The number of rotatable bonds is 7. The van der Waals surface area contributed by atoms with Crippen LogP contribution in [0.1, 0.15) is 64.0 Å². The monoisotopic (exact) mass is 325 g/mol. The fourth-order valence-corrected chi connectivity index (χ4v) is 3.47. The number of hydrogen-bond acceptors (Lipinski definition) is 1. The van der Waals surface area contributed by atoms with Gasteiger partial charge in [0.2, 0.25) is 0 Å². The summed E-state index contributed by atoms with van der Waals surface area (Å²) < 4.78 is 0. The van der Waals surface area contributed by atoms with E-state index in [-0.39, 0.29) is 0 Å². The van der Waals surface area contributed by atoms with Crippen LogP contribution in [-0.4, -0.2) is 12.6 Å². The Bertz CT molecular complexity index is 518. The van der Waals surface area contributed by atoms with Gasteiger partial charge in [-0.1, -0.05) is 69.8 Å². The molecular weight excluding hydrogens is 290 g/mol. The Balaban J connectivity index is 1.67. The van der Waals surface area contributed by atoms with Gasteiger partial charge in [0.25, 0.3) is 0 Å². The molecule has 1 N–H and O–H groups in total. The highest BCUT2D eigenvalue weighted by Crippen LogP contribution is 2.33. The molecule has 1 aliphatic carbocycles. The molecule has 0 fully saturated rings. The minimum absolute atomic E-state index is 0.373. The molecule has 0 aliphatic heterocycles. The van der Waals surface area contributed by atoms with Crippen molar-refractivity contribution in [1.82, 2.24) is 5.32 Å². The third-order valence-electron chi connectivity index (χ3n) is 5.24. The molecule has 2 unspecified atom stereocenters. The Morgan fingerprint density at radius 3 is 2.58 bits per heavy atom. The smallest absolute Gasteiger partial charge is 0.00758 e. The Morgan fingerprint density at radius 2 is 1.92 bits per heavy atom. The van der Waals surface area contributed by atoms with Gasteiger partial charge in [-0.3, -0.25) is 0 Å². The van der Waals surface area contributed by atoms with Gasteiger partial charge in [-0.25, -0.2) is 0 Å². The van der Waals surface area contributed by atoms with E-state index in [2.05, 4.69) is 69.1 Å². The first-order valence-corrected chi connectivity index (χ1v) is 9.60. The van der Waals surface area contributed by atoms with Crippen molar-refractivity contribution >= 4 is 6.08 Å². The van der Waals surface area contributed by atoms with E-state index < -0.39 is 0 Å². The van der Waals surface area contributed by atoms with Gasteiger partial charge in [-0.2, -0.15) is 0 Å². The predicted octanol–water partition coefficient (Wildman–Crippen LogP) is 6.01. The molecule has 1 aromatic rings. The van der Waals surface area contributed by atoms with Crippen molar-refractivity contribution in [3.63, 3.8) is 0 Å². The molecule has 0 heterocycles. The lowest BCUT2D eigenvalue weighted by molar-refractivity contribution is 0.251. The van der Waals surface area contributed by atoms with E-state index >= 15 is 0 Å². The quantitative estimate of drug-likeness (QED) is 0.478. The van der Waals surface area contributed by atoms with Crippen LogP contribution >= 0.6 is 0 Å². The molecule has 0 radical (unpaired) electrons. The standard InChI is InChI=1S/C23H35N/c1-5-19-13-15-20(16-14-19)10-8-9-17-24-22-12-7-6-11-21(18-22)23(2,3)4/h5-6,11,13-16,21-22,24H,1,7-10,12,17-18H2,2-4H3. The molecular formula is C23H35N. The Kier molecular flexibility index (Phi) is 7.30. The largest absolute Gasteiger partial charge is 0.314 e. The molecule has 0 saturated heterocycles. The van der Waals surface area contributed by atoms with Gasteiger partial charge in [-0.05, 0) is 67.5 Å². The Morgan fingerprint density at radius 1 is 1.17 bits per heavy atom. The number of allylic oxidation sites excluding steroid dienone is 2. The molecule has 2 rings (SSSR count). The number of aryl methyl sites for hydroxylation is 1. The maximum absolute atomic E-state index is 3.81. The Hall–Kier alpha value is -1.34. The van der Waals surface area contributed by atoms with Crippen molar-refractivity contribution in [2.75, 3.05) is 6.54 Å². The van der Waals surface area contributed by atoms with Crippen molar-refractivity contribution in [3.8, 4) is 0 Å². The lowest BCUT2D eigenvalue weighted by Crippen LogP contribution is -2.33. The molecule has 132 valence electrons. The highest BCUT2D eigenvalue weighted by Gasteiger charge is 2.26. The van der Waals surface area contributed by atoms with Crippen LogP contribution in [0.25, 0.3) is 6.08 Å². The minimum Gasteiger partial charge on any atom is -0.314 e. The normalized spacial score (nSPS) is 21.5. The van der Waals surface area contributed by atoms with Crippen LogP contribution in [0.3, 0.4) is 0 Å². The molecule has 1 nitrogen and oxygen atoms in total. The van der Waals surface area contributed by atoms with Gasteiger partial charge >= 0.3 is 0 Å². The predicted molar refractivity (Wildman–Crippen MR) is 107 cm³/mol. The third-order valence-corrected chi connectivity index (χ3v) is 5.24. The molecule has 1 aromatic carbocycles. The van der Waals surface area contributed by atoms with E-state index in [0.717, 1.165) is 6.54 Å². The SMILES string of the molecule is C=Cc1ccc(CCCCNC2CCC=CC(C(C)(C)C)C2)cc1. The summed E-state index contributed by atoms with van der Waals surface area (Å²) in [4.78, 5) is 0. The second kappa shape index (κ2) is 9.22. The van der Waals surface area contributed by atoms with E-state index in [1.54, 1.807) is 0 Å². The lowest BCUT2D eigenvalue weighted by atomic mass is 9.77. The zero-order chi connectivity index (χ0) is 17.4. The fraction of sp³-hybridized carbons (Fsp3) is 0.565. The maximum atomic E-state index is 3.81. The second-order valence-electron chi connectivity index (χ2n) is 8.27. The van der Waals surface area contributed by atoms with Crippen molar-refractivity contribution < 1.29 is 0 Å². The summed E-state index contributed by atoms with van der Waals surface area (Å²) in [5, 5.41) is 3.81. The summed E-state index contributed by atoms with van der Waals surface area (Å²) in [5.41, 5.74) is 3.01. The summed E-state index contributed by atoms with van der Waals surface area (Å²) in [6.07, 6.45) is 14.2. The summed E-state index contributed by atoms with van der Waals surface area (Å²) in [7, 11) is 0. The third kappa shape index (κ3) is 6.28. The van der Waals surface area contributed by atoms with Gasteiger partial charge < -0.3 is 5.32 Å². The van der Waals surface area contributed by atoms with Crippen LogP contribution in [0.2, 0.25) is 0 Å². The van der Waals surface area contributed by atoms with Crippen molar-refractivity contribution in [2.24, 2.45) is 11.3 Å². The topological polar surface area (TPSA) is 12.0 Å². The Labute approximate surface area is 149 Å². The van der Waals surface area contributed by atoms with Crippen molar-refractivity contribution in [1.29, 1.82) is 0 Å². The van der Waals surface area contributed by atoms with Gasteiger partial charge in [0.1, 0.15) is 0 Å². The molecule has 24 heavy (non-hydrogen) atoms. The molecule has 1 aliphatic rings. The second-order valence-corrected chi connectivity index (χ2v) is 8.27. The van der Waals surface area contributed by atoms with Crippen LogP contribution < -0.4 is 5.32 Å². The van der Waals surface area contributed by atoms with E-state index in [1.165, 1.54) is 49.7 Å². The van der Waals surface area contributed by atoms with E-state index in [9.17, 15) is 0 Å². The first kappa shape index (κ1) is 19.0. The highest BCUT2D eigenvalue weighted by molar-refractivity contribution is 5.47. The van der Waals surface area contributed by atoms with E-state index in [1.807, 2.05) is 6.08 Å². The molecule has 2 atom stereocenters. The van der Waals surface area contributed by atoms with Crippen LogP contribution in [0, 0.1) is 11.3 Å². The van der Waals surface area contributed by atoms with Crippen LogP contribution in [-0.2, 0) is 6.42 Å². The van der Waals surface area contributed by atoms with Gasteiger partial charge in [0.15, 0.2) is 0 Å². The lowest BCUT2D eigenvalue weighted by Gasteiger charge is -2.30. The van der Waals surface area contributed by atoms with E-state index in [0.29, 0.717) is 17.4 Å². The fourth-order valence-electron chi connectivity index (χ4n) is 3.47. The minimum atomic E-state index is 0.373. The first-order valence-electron chi connectivity index (χ1n) is 9.60. The van der Waals surface area contributed by atoms with E-state index in [4.69, 9.17) is 0 Å². The van der Waals surface area contributed by atoms with Crippen LogP contribution in [0.5, 0.6) is 0 Å². The first-order chi connectivity index (χ1) is 11.5. The van der Waals surface area contributed by atoms with Crippen molar-refractivity contribution in [3.05, 3.63) is 54.1 Å². The highest BCUT2D eigenvalue weighted by atomic mass is 14.9. The average Bonchev–Trinajstić information content (AvgIpc) is 2.81. The summed E-state index contributed by atoms with van der Waals surface area (Å²) in [5.74, 6) is 0.695. The van der Waals surface area contributed by atoms with Crippen molar-refractivity contribution in [2.45, 2.75) is 65.3 Å². The molecule has 0 aromatic heterocycles. The summed E-state index contributed by atoms with van der Waals surface area (Å²) in [6, 6.07) is 9.46. The molecule has 0 amide bonds. The maximum Gasteiger partial charge on any atom is 0.00758 e. The molecule has 0 saturated carbocycles. The number of hydrogen-bond donors (Lipinski definition) is 1. The zero-order valence-electron chi connectivity index (χ0n) is 15.9. The van der Waals surface area contributed by atoms with Gasteiger partial charge in [0.05, 0.1) is 0 Å². The van der Waals surface area contributed by atoms with Gasteiger partial charge in [0, 0.05) is 6.04 Å². The molecule has 1 heteroatoms. The number of nitrogens with one attached hydrogen (secondary N) is 1. The van der Waals surface area contributed by atoms with Gasteiger partial charge in [-0.15, -0.1) is 0 Å². The number of benzene rings is 1. The number of unbranched alkanes of at least 4 members (excludes halogenated alkanes) is 1. The average molecular weight is 326 g/mol. The summed E-state index contributed by atoms with van der Waals surface area (Å²) in [6.45, 7) is 12.0. The summed E-state index contributed by atoms with van der Waals surface area (Å²) >= 11 is 0. The van der Waals surface area contributed by atoms with Crippen LogP contribution in [0.4, 0.5) is 0 Å².